The lowest BCUT2D eigenvalue weighted by molar-refractivity contribution is 0.244. The zero-order valence-electron chi connectivity index (χ0n) is 6.14. The first-order valence-electron chi connectivity index (χ1n) is 2.81. The van der Waals surface area contributed by atoms with E-state index in [0.717, 1.165) is 0 Å². The lowest BCUT2D eigenvalue weighted by Gasteiger charge is -2.03. The van der Waals surface area contributed by atoms with E-state index < -0.39 is 0 Å². The molecule has 0 aromatic rings. The molecule has 0 aliphatic carbocycles. The van der Waals surface area contributed by atoms with Gasteiger partial charge in [0.05, 0.1) is 11.8 Å². The van der Waals surface area contributed by atoms with Gasteiger partial charge in [0.2, 0.25) is 0 Å². The smallest absolute Gasteiger partial charge is 0.316 e. The van der Waals surface area contributed by atoms with Gasteiger partial charge in [0.15, 0.2) is 0 Å². The van der Waals surface area contributed by atoms with Gasteiger partial charge in [-0.2, -0.15) is 0 Å². The summed E-state index contributed by atoms with van der Waals surface area (Å²) < 4.78 is 0. The molecule has 0 aliphatic rings. The summed E-state index contributed by atoms with van der Waals surface area (Å²) in [5, 5.41) is 5.33. The third kappa shape index (κ3) is 6.10. The summed E-state index contributed by atoms with van der Waals surface area (Å²) in [7, 11) is 0. The lowest BCUT2D eigenvalue weighted by atomic mass is 10.9. The molecule has 0 spiro atoms. The van der Waals surface area contributed by atoms with Gasteiger partial charge in [-0.1, -0.05) is 0 Å². The topological polar surface area (TPSA) is 41.1 Å². The van der Waals surface area contributed by atoms with E-state index in [1.165, 1.54) is 0 Å². The summed E-state index contributed by atoms with van der Waals surface area (Å²) >= 11 is 3.17. The fraction of sp³-hybridized carbons (Fsp3) is 0.800. The van der Waals surface area contributed by atoms with Crippen LogP contribution in [0.4, 0.5) is 4.79 Å². The van der Waals surface area contributed by atoms with Gasteiger partial charge in [-0.25, -0.2) is 4.79 Å². The van der Waals surface area contributed by atoms with Crippen molar-refractivity contribution in [1.29, 1.82) is 0 Å². The Hall–Kier alpha value is -0.0300. The van der Waals surface area contributed by atoms with Crippen LogP contribution in [0.3, 0.4) is 0 Å². The van der Waals surface area contributed by atoms with Gasteiger partial charge >= 0.3 is 6.03 Å². The Labute approximate surface area is 69.7 Å². The number of urea groups is 1. The molecule has 10 heavy (non-hydrogen) atoms. The Bertz CT molecular complexity index is 89.6. The number of amides is 2. The van der Waals surface area contributed by atoms with Gasteiger partial charge < -0.3 is 10.6 Å². The summed E-state index contributed by atoms with van der Waals surface area (Å²) in [6.45, 7) is 0. The van der Waals surface area contributed by atoms with Crippen LogP contribution in [0.15, 0.2) is 0 Å². The van der Waals surface area contributed by atoms with Gasteiger partial charge in [-0.3, -0.25) is 0 Å². The molecule has 0 fully saturated rings. The maximum Gasteiger partial charge on any atom is 0.316 e. The number of thioether (sulfide) groups is 2. The predicted octanol–water partition coefficient (Wildman–Crippen LogP) is 0.927. The van der Waals surface area contributed by atoms with E-state index in [4.69, 9.17) is 0 Å². The molecule has 0 heterocycles. The standard InChI is InChI=1S/C5H12N2OS2/c1-9-3-6-5(8)7-4-10-2/h3-4H2,1-2H3,(H2,6,7,8). The number of carbonyl (C=O) groups excluding carboxylic acids is 1. The van der Waals surface area contributed by atoms with E-state index in [0.29, 0.717) is 11.8 Å². The average molecular weight is 180 g/mol. The summed E-state index contributed by atoms with van der Waals surface area (Å²) in [6.07, 6.45) is 3.88. The zero-order valence-corrected chi connectivity index (χ0v) is 7.77. The van der Waals surface area contributed by atoms with E-state index in [9.17, 15) is 4.79 Å². The maximum atomic E-state index is 10.7. The summed E-state index contributed by atoms with van der Waals surface area (Å²) in [5.41, 5.74) is 0. The normalized spacial score (nSPS) is 9.00. The molecule has 0 aromatic heterocycles. The van der Waals surface area contributed by atoms with Crippen molar-refractivity contribution in [3.8, 4) is 0 Å². The second-order valence-corrected chi connectivity index (χ2v) is 3.28. The van der Waals surface area contributed by atoms with Crippen molar-refractivity contribution in [2.75, 3.05) is 24.3 Å². The molecular formula is C5H12N2OS2. The molecule has 0 saturated heterocycles. The molecule has 60 valence electrons. The Morgan fingerprint density at radius 3 is 1.90 bits per heavy atom. The average Bonchev–Trinajstić information content (AvgIpc) is 1.97. The highest BCUT2D eigenvalue weighted by Crippen LogP contribution is 1.87. The first kappa shape index (κ1) is 9.97. The molecule has 5 heteroatoms. The van der Waals surface area contributed by atoms with Crippen molar-refractivity contribution in [3.05, 3.63) is 0 Å². The van der Waals surface area contributed by atoms with E-state index in [-0.39, 0.29) is 6.03 Å². The van der Waals surface area contributed by atoms with E-state index in [1.54, 1.807) is 23.5 Å². The molecule has 0 saturated carbocycles. The van der Waals surface area contributed by atoms with Crippen LogP contribution in [-0.2, 0) is 0 Å². The monoisotopic (exact) mass is 180 g/mol. The predicted molar refractivity (Wildman–Crippen MR) is 48.4 cm³/mol. The SMILES string of the molecule is CSCNC(=O)NCSC. The van der Waals surface area contributed by atoms with Gasteiger partial charge in [0.25, 0.3) is 0 Å². The van der Waals surface area contributed by atoms with Crippen LogP contribution in [0, 0.1) is 0 Å². The van der Waals surface area contributed by atoms with Gasteiger partial charge in [-0.15, -0.1) is 23.5 Å². The van der Waals surface area contributed by atoms with Crippen molar-refractivity contribution in [2.45, 2.75) is 0 Å². The maximum absolute atomic E-state index is 10.7. The highest BCUT2D eigenvalue weighted by molar-refractivity contribution is 7.98. The Morgan fingerprint density at radius 1 is 1.20 bits per heavy atom. The van der Waals surface area contributed by atoms with E-state index in [1.807, 2.05) is 12.5 Å². The van der Waals surface area contributed by atoms with Crippen LogP contribution in [0.5, 0.6) is 0 Å². The molecule has 0 radical (unpaired) electrons. The number of nitrogens with one attached hydrogen (secondary N) is 2. The van der Waals surface area contributed by atoms with Crippen LogP contribution in [0.25, 0.3) is 0 Å². The molecule has 0 bridgehead atoms. The van der Waals surface area contributed by atoms with Crippen molar-refractivity contribution >= 4 is 29.6 Å². The highest BCUT2D eigenvalue weighted by atomic mass is 32.2. The van der Waals surface area contributed by atoms with Gasteiger partial charge in [0.1, 0.15) is 0 Å². The molecule has 0 unspecified atom stereocenters. The Morgan fingerprint density at radius 2 is 1.60 bits per heavy atom. The third-order valence-corrected chi connectivity index (χ3v) is 1.62. The quantitative estimate of drug-likeness (QED) is 0.632. The van der Waals surface area contributed by atoms with Crippen LogP contribution < -0.4 is 10.6 Å². The first-order chi connectivity index (χ1) is 4.81. The number of carbonyl (C=O) groups is 1. The van der Waals surface area contributed by atoms with Crippen LogP contribution in [-0.4, -0.2) is 30.3 Å². The van der Waals surface area contributed by atoms with Crippen molar-refractivity contribution in [2.24, 2.45) is 0 Å². The molecule has 0 rings (SSSR count). The van der Waals surface area contributed by atoms with Crippen molar-refractivity contribution in [3.63, 3.8) is 0 Å². The van der Waals surface area contributed by atoms with E-state index >= 15 is 0 Å². The van der Waals surface area contributed by atoms with Crippen molar-refractivity contribution < 1.29 is 4.79 Å². The molecule has 2 N–H and O–H groups in total. The molecule has 2 amide bonds. The lowest BCUT2D eigenvalue weighted by Crippen LogP contribution is -2.34. The second kappa shape index (κ2) is 7.08. The number of hydrogen-bond acceptors (Lipinski definition) is 3. The van der Waals surface area contributed by atoms with Crippen molar-refractivity contribution in [1.82, 2.24) is 10.6 Å². The highest BCUT2D eigenvalue weighted by Gasteiger charge is 1.94. The molecule has 3 nitrogen and oxygen atoms in total. The molecule has 0 aliphatic heterocycles. The third-order valence-electron chi connectivity index (χ3n) is 0.754. The molecular weight excluding hydrogens is 168 g/mol. The second-order valence-electron chi connectivity index (χ2n) is 1.55. The summed E-state index contributed by atoms with van der Waals surface area (Å²) in [6, 6.07) is -0.0938. The van der Waals surface area contributed by atoms with Gasteiger partial charge in [0, 0.05) is 0 Å². The summed E-state index contributed by atoms with van der Waals surface area (Å²) in [5.74, 6) is 1.33. The fourth-order valence-corrected chi connectivity index (χ4v) is 0.889. The minimum Gasteiger partial charge on any atom is -0.329 e. The Kier molecular flexibility index (Phi) is 7.06. The number of rotatable bonds is 4. The van der Waals surface area contributed by atoms with Crippen LogP contribution in [0.2, 0.25) is 0 Å². The van der Waals surface area contributed by atoms with E-state index in [2.05, 4.69) is 10.6 Å². The minimum absolute atomic E-state index is 0.0938. The van der Waals surface area contributed by atoms with Crippen LogP contribution in [0.1, 0.15) is 0 Å². The molecule has 0 atom stereocenters. The molecule has 0 aromatic carbocycles. The Balaban J connectivity index is 3.09. The zero-order chi connectivity index (χ0) is 7.82. The minimum atomic E-state index is -0.0938. The van der Waals surface area contributed by atoms with Crippen LogP contribution >= 0.6 is 23.5 Å². The number of hydrogen-bond donors (Lipinski definition) is 2. The summed E-state index contributed by atoms with van der Waals surface area (Å²) in [4.78, 5) is 10.7. The first-order valence-corrected chi connectivity index (χ1v) is 5.59. The largest absolute Gasteiger partial charge is 0.329 e. The fourth-order valence-electron chi connectivity index (χ4n) is 0.338. The van der Waals surface area contributed by atoms with Gasteiger partial charge in [-0.05, 0) is 12.5 Å².